The third-order valence-corrected chi connectivity index (χ3v) is 1.99. The first-order chi connectivity index (χ1) is 7.08. The standard InChI is InChI=1S/C12H12N2O/c1-8(2)15-12-4-10(6-13)9(3)11(5-12)7-14/h4-5,8H,1-3H3. The van der Waals surface area contributed by atoms with Gasteiger partial charge in [-0.2, -0.15) is 10.5 Å². The van der Waals surface area contributed by atoms with Crippen molar-refractivity contribution in [3.05, 3.63) is 28.8 Å². The van der Waals surface area contributed by atoms with Crippen LogP contribution in [0.5, 0.6) is 5.75 Å². The average molecular weight is 200 g/mol. The van der Waals surface area contributed by atoms with Crippen LogP contribution in [0.3, 0.4) is 0 Å². The van der Waals surface area contributed by atoms with Crippen molar-refractivity contribution in [3.8, 4) is 17.9 Å². The van der Waals surface area contributed by atoms with Gasteiger partial charge in [0.25, 0.3) is 0 Å². The molecule has 0 aromatic heterocycles. The van der Waals surface area contributed by atoms with Crippen LogP contribution >= 0.6 is 0 Å². The first-order valence-electron chi connectivity index (χ1n) is 4.70. The van der Waals surface area contributed by atoms with Crippen LogP contribution in [-0.2, 0) is 0 Å². The Hall–Kier alpha value is -2.00. The lowest BCUT2D eigenvalue weighted by Gasteiger charge is -2.11. The van der Waals surface area contributed by atoms with Crippen LogP contribution in [0, 0.1) is 29.6 Å². The third-order valence-electron chi connectivity index (χ3n) is 1.99. The zero-order chi connectivity index (χ0) is 11.4. The van der Waals surface area contributed by atoms with Gasteiger partial charge in [0, 0.05) is 0 Å². The Balaban J connectivity index is 3.24. The molecule has 0 unspecified atom stereocenters. The molecule has 0 bridgehead atoms. The summed E-state index contributed by atoms with van der Waals surface area (Å²) in [7, 11) is 0. The number of nitrogens with zero attached hydrogens (tertiary/aromatic N) is 2. The minimum atomic E-state index is 0.0331. The Morgan fingerprint density at radius 1 is 1.13 bits per heavy atom. The zero-order valence-electron chi connectivity index (χ0n) is 9.03. The molecule has 0 saturated heterocycles. The van der Waals surface area contributed by atoms with Gasteiger partial charge in [0.15, 0.2) is 0 Å². The van der Waals surface area contributed by atoms with Crippen LogP contribution in [0.15, 0.2) is 12.1 Å². The van der Waals surface area contributed by atoms with E-state index in [9.17, 15) is 0 Å². The van der Waals surface area contributed by atoms with Crippen LogP contribution in [0.25, 0.3) is 0 Å². The Morgan fingerprint density at radius 2 is 1.60 bits per heavy atom. The van der Waals surface area contributed by atoms with Gasteiger partial charge in [-0.15, -0.1) is 0 Å². The summed E-state index contributed by atoms with van der Waals surface area (Å²) in [6.07, 6.45) is 0.0331. The van der Waals surface area contributed by atoms with E-state index in [1.54, 1.807) is 19.1 Å². The van der Waals surface area contributed by atoms with Crippen LogP contribution in [-0.4, -0.2) is 6.10 Å². The highest BCUT2D eigenvalue weighted by molar-refractivity contribution is 5.52. The van der Waals surface area contributed by atoms with Gasteiger partial charge < -0.3 is 4.74 Å². The maximum atomic E-state index is 8.88. The van der Waals surface area contributed by atoms with Crippen LogP contribution in [0.1, 0.15) is 30.5 Å². The van der Waals surface area contributed by atoms with Gasteiger partial charge in [-0.05, 0) is 38.5 Å². The van der Waals surface area contributed by atoms with Gasteiger partial charge >= 0.3 is 0 Å². The van der Waals surface area contributed by atoms with Crippen molar-refractivity contribution < 1.29 is 4.74 Å². The topological polar surface area (TPSA) is 56.8 Å². The molecule has 1 aromatic carbocycles. The second kappa shape index (κ2) is 4.48. The van der Waals surface area contributed by atoms with Gasteiger partial charge in [-0.1, -0.05) is 0 Å². The molecule has 0 aliphatic heterocycles. The van der Waals surface area contributed by atoms with E-state index in [1.165, 1.54) is 0 Å². The second-order valence-electron chi connectivity index (χ2n) is 3.53. The third kappa shape index (κ3) is 2.48. The van der Waals surface area contributed by atoms with Gasteiger partial charge in [0.2, 0.25) is 0 Å². The number of rotatable bonds is 2. The second-order valence-corrected chi connectivity index (χ2v) is 3.53. The Kier molecular flexibility index (Phi) is 3.31. The van der Waals surface area contributed by atoms with Crippen LogP contribution < -0.4 is 4.74 Å². The molecule has 0 aliphatic carbocycles. The molecule has 0 N–H and O–H groups in total. The number of hydrogen-bond acceptors (Lipinski definition) is 3. The van der Waals surface area contributed by atoms with Crippen LogP contribution in [0.4, 0.5) is 0 Å². The molecule has 0 amide bonds. The van der Waals surface area contributed by atoms with Gasteiger partial charge in [-0.3, -0.25) is 0 Å². The predicted molar refractivity (Wildman–Crippen MR) is 56.4 cm³/mol. The fourth-order valence-corrected chi connectivity index (χ4v) is 1.26. The maximum absolute atomic E-state index is 8.88. The molecule has 0 spiro atoms. The molecule has 3 heteroatoms. The molecular formula is C12H12N2O. The molecule has 1 rings (SSSR count). The molecular weight excluding hydrogens is 188 g/mol. The van der Waals surface area contributed by atoms with Gasteiger partial charge in [-0.25, -0.2) is 0 Å². The molecule has 1 aromatic rings. The molecule has 0 atom stereocenters. The number of ether oxygens (including phenoxy) is 1. The number of hydrogen-bond donors (Lipinski definition) is 0. The Labute approximate surface area is 89.5 Å². The number of nitriles is 2. The monoisotopic (exact) mass is 200 g/mol. The lowest BCUT2D eigenvalue weighted by molar-refractivity contribution is 0.242. The molecule has 15 heavy (non-hydrogen) atoms. The highest BCUT2D eigenvalue weighted by Crippen LogP contribution is 2.22. The Morgan fingerprint density at radius 3 is 1.93 bits per heavy atom. The van der Waals surface area contributed by atoms with E-state index in [2.05, 4.69) is 12.1 Å². The van der Waals surface area contributed by atoms with Crippen molar-refractivity contribution in [3.63, 3.8) is 0 Å². The number of benzene rings is 1. The Bertz CT molecular complexity index is 415. The predicted octanol–water partition coefficient (Wildman–Crippen LogP) is 2.53. The quantitative estimate of drug-likeness (QED) is 0.737. The SMILES string of the molecule is Cc1c(C#N)cc(OC(C)C)cc1C#N. The largest absolute Gasteiger partial charge is 0.491 e. The summed E-state index contributed by atoms with van der Waals surface area (Å²) < 4.78 is 5.45. The molecule has 0 fully saturated rings. The fraction of sp³-hybridized carbons (Fsp3) is 0.333. The first-order valence-corrected chi connectivity index (χ1v) is 4.70. The van der Waals surface area contributed by atoms with Crippen LogP contribution in [0.2, 0.25) is 0 Å². The average Bonchev–Trinajstić information content (AvgIpc) is 2.19. The normalized spacial score (nSPS) is 9.47. The fourth-order valence-electron chi connectivity index (χ4n) is 1.26. The molecule has 0 aliphatic rings. The summed E-state index contributed by atoms with van der Waals surface area (Å²) in [4.78, 5) is 0. The van der Waals surface area contributed by atoms with Crippen molar-refractivity contribution in [1.29, 1.82) is 10.5 Å². The van der Waals surface area contributed by atoms with E-state index < -0.39 is 0 Å². The lowest BCUT2D eigenvalue weighted by Crippen LogP contribution is -2.06. The van der Waals surface area contributed by atoms with Crippen molar-refractivity contribution in [2.45, 2.75) is 26.9 Å². The van der Waals surface area contributed by atoms with Crippen molar-refractivity contribution >= 4 is 0 Å². The van der Waals surface area contributed by atoms with E-state index >= 15 is 0 Å². The summed E-state index contributed by atoms with van der Waals surface area (Å²) in [5, 5.41) is 17.8. The summed E-state index contributed by atoms with van der Waals surface area (Å²) >= 11 is 0. The molecule has 0 heterocycles. The summed E-state index contributed by atoms with van der Waals surface area (Å²) in [5.74, 6) is 0.573. The first kappa shape index (κ1) is 11.1. The summed E-state index contributed by atoms with van der Waals surface area (Å²) in [6, 6.07) is 7.43. The van der Waals surface area contributed by atoms with Crippen molar-refractivity contribution in [1.82, 2.24) is 0 Å². The summed E-state index contributed by atoms with van der Waals surface area (Å²) in [5.41, 5.74) is 1.69. The van der Waals surface area contributed by atoms with Gasteiger partial charge in [0.1, 0.15) is 5.75 Å². The minimum Gasteiger partial charge on any atom is -0.491 e. The zero-order valence-corrected chi connectivity index (χ0v) is 9.03. The van der Waals surface area contributed by atoms with E-state index in [-0.39, 0.29) is 6.10 Å². The van der Waals surface area contributed by atoms with Crippen molar-refractivity contribution in [2.75, 3.05) is 0 Å². The van der Waals surface area contributed by atoms with Gasteiger partial charge in [0.05, 0.1) is 29.4 Å². The smallest absolute Gasteiger partial charge is 0.122 e. The minimum absolute atomic E-state index is 0.0331. The van der Waals surface area contributed by atoms with E-state index in [0.717, 1.165) is 0 Å². The lowest BCUT2D eigenvalue weighted by atomic mass is 10.0. The summed E-state index contributed by atoms with van der Waals surface area (Å²) in [6.45, 7) is 5.56. The molecule has 3 nitrogen and oxygen atoms in total. The molecule has 0 saturated carbocycles. The molecule has 76 valence electrons. The highest BCUT2D eigenvalue weighted by atomic mass is 16.5. The molecule has 0 radical (unpaired) electrons. The van der Waals surface area contributed by atoms with Crippen molar-refractivity contribution in [2.24, 2.45) is 0 Å². The van der Waals surface area contributed by atoms with E-state index in [1.807, 2.05) is 13.8 Å². The van der Waals surface area contributed by atoms with E-state index in [0.29, 0.717) is 22.4 Å². The highest BCUT2D eigenvalue weighted by Gasteiger charge is 2.08. The van der Waals surface area contributed by atoms with E-state index in [4.69, 9.17) is 15.3 Å². The maximum Gasteiger partial charge on any atom is 0.122 e.